The molecule has 1 atom stereocenters. The van der Waals surface area contributed by atoms with E-state index in [0.717, 1.165) is 22.4 Å². The van der Waals surface area contributed by atoms with Crippen LogP contribution in [0.3, 0.4) is 0 Å². The number of amides is 2. The highest BCUT2D eigenvalue weighted by Crippen LogP contribution is 2.38. The number of hydrogen-bond donors (Lipinski definition) is 2. The first-order valence-corrected chi connectivity index (χ1v) is 9.26. The van der Waals surface area contributed by atoms with Gasteiger partial charge in [-0.25, -0.2) is 4.68 Å². The van der Waals surface area contributed by atoms with Gasteiger partial charge in [0.2, 0.25) is 5.91 Å². The van der Waals surface area contributed by atoms with E-state index in [9.17, 15) is 9.59 Å². The molecule has 0 bridgehead atoms. The maximum atomic E-state index is 12.5. The van der Waals surface area contributed by atoms with E-state index in [1.807, 2.05) is 69.3 Å². The van der Waals surface area contributed by atoms with E-state index in [4.69, 9.17) is 0 Å². The standard InChI is InChI=1S/C22H22N4O2/c1-13-4-8-16(9-5-13)20-15(3)25-26-18(22(28)24-21(20)26)12-19(27)23-17-10-6-14(2)7-11-17/h4-11,18H,12H2,1-3H3,(H,23,27)(H,24,28). The molecule has 0 saturated heterocycles. The van der Waals surface area contributed by atoms with Crippen LogP contribution in [0.25, 0.3) is 11.1 Å². The smallest absolute Gasteiger partial charge is 0.251 e. The second-order valence-corrected chi connectivity index (χ2v) is 7.24. The molecule has 1 aromatic heterocycles. The molecule has 0 aliphatic carbocycles. The molecule has 2 aromatic carbocycles. The van der Waals surface area contributed by atoms with Crippen LogP contribution >= 0.6 is 0 Å². The lowest BCUT2D eigenvalue weighted by Gasteiger charge is -2.10. The number of nitrogens with one attached hydrogen (secondary N) is 2. The minimum absolute atomic E-state index is 0.0289. The summed E-state index contributed by atoms with van der Waals surface area (Å²) in [7, 11) is 0. The summed E-state index contributed by atoms with van der Waals surface area (Å²) in [5, 5.41) is 10.3. The number of rotatable bonds is 4. The minimum Gasteiger partial charge on any atom is -0.326 e. The topological polar surface area (TPSA) is 76.0 Å². The van der Waals surface area contributed by atoms with Gasteiger partial charge >= 0.3 is 0 Å². The van der Waals surface area contributed by atoms with Gasteiger partial charge in [0.25, 0.3) is 5.91 Å². The zero-order valence-corrected chi connectivity index (χ0v) is 16.1. The van der Waals surface area contributed by atoms with Crippen molar-refractivity contribution < 1.29 is 9.59 Å². The average molecular weight is 374 g/mol. The molecule has 1 unspecified atom stereocenters. The van der Waals surface area contributed by atoms with Crippen molar-refractivity contribution in [1.29, 1.82) is 0 Å². The van der Waals surface area contributed by atoms with Gasteiger partial charge in [-0.05, 0) is 38.5 Å². The van der Waals surface area contributed by atoms with E-state index in [-0.39, 0.29) is 18.2 Å². The second kappa shape index (κ2) is 6.96. The van der Waals surface area contributed by atoms with Crippen molar-refractivity contribution in [3.63, 3.8) is 0 Å². The minimum atomic E-state index is -0.654. The van der Waals surface area contributed by atoms with Crippen LogP contribution in [-0.4, -0.2) is 21.6 Å². The fourth-order valence-electron chi connectivity index (χ4n) is 3.47. The molecular weight excluding hydrogens is 352 g/mol. The van der Waals surface area contributed by atoms with Gasteiger partial charge in [-0.1, -0.05) is 47.5 Å². The SMILES string of the molecule is Cc1ccc(NC(=O)CC2C(=O)Nc3c(-c4ccc(C)cc4)c(C)nn32)cc1. The van der Waals surface area contributed by atoms with Gasteiger partial charge in [-0.3, -0.25) is 9.59 Å². The molecule has 2 N–H and O–H groups in total. The summed E-state index contributed by atoms with van der Waals surface area (Å²) in [5.41, 5.74) is 5.71. The maximum Gasteiger partial charge on any atom is 0.251 e. The number of aryl methyl sites for hydroxylation is 3. The van der Waals surface area contributed by atoms with Crippen molar-refractivity contribution in [3.05, 3.63) is 65.4 Å². The van der Waals surface area contributed by atoms with Crippen LogP contribution in [0.2, 0.25) is 0 Å². The lowest BCUT2D eigenvalue weighted by molar-refractivity contribution is -0.123. The molecule has 6 nitrogen and oxygen atoms in total. The summed E-state index contributed by atoms with van der Waals surface area (Å²) >= 11 is 0. The Labute approximate surface area is 163 Å². The van der Waals surface area contributed by atoms with E-state index in [1.165, 1.54) is 5.56 Å². The highest BCUT2D eigenvalue weighted by molar-refractivity contribution is 6.04. The first-order valence-electron chi connectivity index (χ1n) is 9.26. The summed E-state index contributed by atoms with van der Waals surface area (Å²) < 4.78 is 1.64. The highest BCUT2D eigenvalue weighted by atomic mass is 16.2. The molecule has 28 heavy (non-hydrogen) atoms. The summed E-state index contributed by atoms with van der Waals surface area (Å²) in [4.78, 5) is 25.0. The molecule has 4 rings (SSSR count). The van der Waals surface area contributed by atoms with Crippen molar-refractivity contribution in [2.45, 2.75) is 33.2 Å². The predicted octanol–water partition coefficient (Wildman–Crippen LogP) is 4.00. The van der Waals surface area contributed by atoms with E-state index < -0.39 is 6.04 Å². The Bertz CT molecular complexity index is 1050. The number of benzene rings is 2. The maximum absolute atomic E-state index is 12.5. The van der Waals surface area contributed by atoms with Crippen molar-refractivity contribution in [1.82, 2.24) is 9.78 Å². The Morgan fingerprint density at radius 3 is 2.29 bits per heavy atom. The monoisotopic (exact) mass is 374 g/mol. The van der Waals surface area contributed by atoms with Gasteiger partial charge in [0.15, 0.2) is 0 Å². The third-order valence-electron chi connectivity index (χ3n) is 4.98. The van der Waals surface area contributed by atoms with Crippen molar-refractivity contribution in [2.24, 2.45) is 0 Å². The summed E-state index contributed by atoms with van der Waals surface area (Å²) in [5.74, 6) is 0.219. The summed E-state index contributed by atoms with van der Waals surface area (Å²) in [6, 6.07) is 15.0. The molecule has 2 heterocycles. The van der Waals surface area contributed by atoms with Gasteiger partial charge in [-0.2, -0.15) is 5.10 Å². The van der Waals surface area contributed by atoms with E-state index in [1.54, 1.807) is 4.68 Å². The van der Waals surface area contributed by atoms with Crippen LogP contribution in [-0.2, 0) is 9.59 Å². The number of carbonyl (C=O) groups excluding carboxylic acids is 2. The van der Waals surface area contributed by atoms with Gasteiger partial charge in [0.05, 0.1) is 12.1 Å². The quantitative estimate of drug-likeness (QED) is 0.725. The number of fused-ring (bicyclic) bond motifs is 1. The first-order chi connectivity index (χ1) is 13.4. The van der Waals surface area contributed by atoms with Crippen molar-refractivity contribution in [3.8, 4) is 11.1 Å². The number of aromatic nitrogens is 2. The van der Waals surface area contributed by atoms with Crippen LogP contribution in [0.15, 0.2) is 48.5 Å². The normalized spacial score (nSPS) is 15.2. The van der Waals surface area contributed by atoms with Crippen LogP contribution in [0.5, 0.6) is 0 Å². The third-order valence-corrected chi connectivity index (χ3v) is 4.98. The number of carbonyl (C=O) groups is 2. The van der Waals surface area contributed by atoms with Gasteiger partial charge in [-0.15, -0.1) is 0 Å². The molecule has 2 amide bonds. The molecule has 1 aliphatic rings. The third kappa shape index (κ3) is 3.29. The zero-order valence-electron chi connectivity index (χ0n) is 16.1. The van der Waals surface area contributed by atoms with Crippen LogP contribution in [0.1, 0.15) is 29.3 Å². The van der Waals surface area contributed by atoms with Crippen LogP contribution in [0.4, 0.5) is 11.5 Å². The molecule has 0 spiro atoms. The first kappa shape index (κ1) is 18.0. The summed E-state index contributed by atoms with van der Waals surface area (Å²) in [6.07, 6.45) is 0.0289. The Hall–Kier alpha value is -3.41. The fraction of sp³-hybridized carbons (Fsp3) is 0.227. The van der Waals surface area contributed by atoms with Crippen molar-refractivity contribution >= 4 is 23.3 Å². The summed E-state index contributed by atoms with van der Waals surface area (Å²) in [6.45, 7) is 5.93. The van der Waals surface area contributed by atoms with Gasteiger partial charge in [0, 0.05) is 11.3 Å². The van der Waals surface area contributed by atoms with E-state index >= 15 is 0 Å². The number of nitrogens with zero attached hydrogens (tertiary/aromatic N) is 2. The molecule has 142 valence electrons. The Morgan fingerprint density at radius 2 is 1.64 bits per heavy atom. The largest absolute Gasteiger partial charge is 0.326 e. The lowest BCUT2D eigenvalue weighted by atomic mass is 10.0. The lowest BCUT2D eigenvalue weighted by Crippen LogP contribution is -2.23. The molecule has 0 radical (unpaired) electrons. The zero-order chi connectivity index (χ0) is 19.8. The molecule has 0 fully saturated rings. The van der Waals surface area contributed by atoms with Crippen molar-refractivity contribution in [2.75, 3.05) is 10.6 Å². The molecule has 6 heteroatoms. The average Bonchev–Trinajstić information content (AvgIpc) is 3.12. The molecular formula is C22H22N4O2. The Kier molecular flexibility index (Phi) is 4.47. The van der Waals surface area contributed by atoms with Crippen LogP contribution < -0.4 is 10.6 Å². The van der Waals surface area contributed by atoms with E-state index in [0.29, 0.717) is 11.5 Å². The Balaban J connectivity index is 1.57. The highest BCUT2D eigenvalue weighted by Gasteiger charge is 2.36. The van der Waals surface area contributed by atoms with E-state index in [2.05, 4.69) is 15.7 Å². The number of anilines is 2. The number of hydrogen-bond acceptors (Lipinski definition) is 3. The molecule has 0 saturated carbocycles. The molecule has 1 aliphatic heterocycles. The Morgan fingerprint density at radius 1 is 1.04 bits per heavy atom. The fourth-order valence-corrected chi connectivity index (χ4v) is 3.47. The van der Waals surface area contributed by atoms with Crippen LogP contribution in [0, 0.1) is 20.8 Å². The predicted molar refractivity (Wildman–Crippen MR) is 109 cm³/mol. The van der Waals surface area contributed by atoms with Gasteiger partial charge < -0.3 is 10.6 Å². The second-order valence-electron chi connectivity index (χ2n) is 7.24. The molecule has 3 aromatic rings. The van der Waals surface area contributed by atoms with Gasteiger partial charge in [0.1, 0.15) is 11.9 Å².